The van der Waals surface area contributed by atoms with E-state index >= 15 is 0 Å². The minimum absolute atomic E-state index is 0. The minimum atomic E-state index is -0.0238. The Morgan fingerprint density at radius 1 is 0.725 bits per heavy atom. The van der Waals surface area contributed by atoms with Crippen molar-refractivity contribution in [2.24, 2.45) is 4.99 Å². The molecule has 4 heterocycles. The molecule has 248 valence electrons. The van der Waals surface area contributed by atoms with Gasteiger partial charge in [0.15, 0.2) is 0 Å². The number of aliphatic imine (C=N–C) groups is 1. The average Bonchev–Trinajstić information content (AvgIpc) is 3.47. The number of allylic oxidation sites excluding steroid dienone is 2. The number of nitrogens with zero attached hydrogens (tertiary/aromatic N) is 4. The number of pyridine rings is 1. The van der Waals surface area contributed by atoms with Crippen molar-refractivity contribution in [3.05, 3.63) is 169 Å². The zero-order valence-corrected chi connectivity index (χ0v) is 30.7. The van der Waals surface area contributed by atoms with E-state index in [2.05, 4.69) is 152 Å². The molecule has 0 fully saturated rings. The van der Waals surface area contributed by atoms with E-state index < -0.39 is 0 Å². The molecule has 51 heavy (non-hydrogen) atoms. The summed E-state index contributed by atoms with van der Waals surface area (Å²) in [5.74, 6) is 5.05. The van der Waals surface area contributed by atoms with Crippen molar-refractivity contribution in [3.63, 3.8) is 0 Å². The Kier molecular flexibility index (Phi) is 8.36. The number of fused-ring (bicyclic) bond motifs is 8. The van der Waals surface area contributed by atoms with E-state index in [0.717, 1.165) is 50.3 Å². The number of rotatable bonds is 4. The molecule has 0 saturated carbocycles. The fourth-order valence-electron chi connectivity index (χ4n) is 7.06. The van der Waals surface area contributed by atoms with E-state index in [9.17, 15) is 0 Å². The summed E-state index contributed by atoms with van der Waals surface area (Å²) >= 11 is 0. The first-order valence-electron chi connectivity index (χ1n) is 17.0. The van der Waals surface area contributed by atoms with Gasteiger partial charge in [0, 0.05) is 34.6 Å². The van der Waals surface area contributed by atoms with Crippen molar-refractivity contribution in [2.45, 2.75) is 26.2 Å². The summed E-state index contributed by atoms with van der Waals surface area (Å²) in [6.45, 7) is 6.64. The van der Waals surface area contributed by atoms with Crippen LogP contribution in [0.4, 0.5) is 5.69 Å². The van der Waals surface area contributed by atoms with Crippen molar-refractivity contribution >= 4 is 45.6 Å². The van der Waals surface area contributed by atoms with Crippen LogP contribution in [0.15, 0.2) is 151 Å². The number of para-hydroxylation sites is 2. The van der Waals surface area contributed by atoms with Crippen LogP contribution in [-0.4, -0.2) is 27.0 Å². The first-order valence-corrected chi connectivity index (χ1v) is 17.0. The maximum absolute atomic E-state index is 6.55. The van der Waals surface area contributed by atoms with Crippen LogP contribution >= 0.6 is 0 Å². The van der Waals surface area contributed by atoms with Crippen LogP contribution in [0, 0.1) is 12.1 Å². The molecule has 2 aliphatic rings. The maximum atomic E-state index is 6.55. The van der Waals surface area contributed by atoms with E-state index in [1.54, 1.807) is 0 Å². The number of benzene rings is 5. The number of ether oxygens (including phenoxy) is 1. The second-order valence-corrected chi connectivity index (χ2v) is 13.7. The Labute approximate surface area is 313 Å². The van der Waals surface area contributed by atoms with Crippen LogP contribution in [0.5, 0.6) is 11.5 Å². The van der Waals surface area contributed by atoms with E-state index in [1.807, 2.05) is 36.5 Å². The van der Waals surface area contributed by atoms with Gasteiger partial charge in [0.1, 0.15) is 5.82 Å². The van der Waals surface area contributed by atoms with Crippen molar-refractivity contribution in [1.29, 1.82) is 0 Å². The van der Waals surface area contributed by atoms with Crippen LogP contribution in [0.3, 0.4) is 0 Å². The van der Waals surface area contributed by atoms with Gasteiger partial charge in [-0.2, -0.15) is 6.07 Å². The normalized spacial score (nSPS) is 13.5. The summed E-state index contributed by atoms with van der Waals surface area (Å²) in [5.41, 5.74) is 8.45. The van der Waals surface area contributed by atoms with E-state index in [4.69, 9.17) is 14.7 Å². The predicted molar refractivity (Wildman–Crippen MR) is 205 cm³/mol. The van der Waals surface area contributed by atoms with Gasteiger partial charge in [-0.1, -0.05) is 105 Å². The second-order valence-electron chi connectivity index (χ2n) is 13.7. The van der Waals surface area contributed by atoms with Gasteiger partial charge in [-0.05, 0) is 63.9 Å². The van der Waals surface area contributed by atoms with Crippen LogP contribution in [0.2, 0.25) is 0 Å². The Bertz CT molecular complexity index is 2540. The SMILES string of the molecule is CC(C)(C)c1ccnc(-n2c3[c-]c(Oc4[c-]c(C5=Nc6ccccc6-c6ccccc6B6C=CC=CN65)ccc4)ccc3c3ccccc32)c1.[Pt+2]. The van der Waals surface area contributed by atoms with Gasteiger partial charge in [-0.15, -0.1) is 41.3 Å². The number of aromatic nitrogens is 2. The molecule has 0 atom stereocenters. The number of hydrogen-bond acceptors (Lipinski definition) is 4. The molecule has 0 saturated heterocycles. The average molecular weight is 840 g/mol. The molecule has 0 amide bonds. The molecule has 0 radical (unpaired) electrons. The summed E-state index contributed by atoms with van der Waals surface area (Å²) in [4.78, 5) is 12.3. The molecular formula is C44H33BN4OPt. The standard InChI is InChI=1S/C44H33BN4O.Pt/c1-44(2,3)31-23-25-46-42(28-31)49-40-20-9-6-17-36(40)37-22-21-33(29-41(37)49)50-32-14-12-13-30(27-32)43-47-39-19-8-5-16-35(39)34-15-4-7-18-38(34)45-24-10-11-26-48(43)45;/h4-26,28H,1-3H3;/q-2;+2. The van der Waals surface area contributed by atoms with E-state index in [1.165, 1.54) is 16.6 Å². The van der Waals surface area contributed by atoms with E-state index in [0.29, 0.717) is 11.5 Å². The van der Waals surface area contributed by atoms with E-state index in [-0.39, 0.29) is 33.3 Å². The van der Waals surface area contributed by atoms with Crippen LogP contribution in [0.1, 0.15) is 31.9 Å². The molecule has 0 bridgehead atoms. The first kappa shape index (κ1) is 32.7. The zero-order chi connectivity index (χ0) is 33.8. The predicted octanol–water partition coefficient (Wildman–Crippen LogP) is 9.75. The third-order valence-corrected chi connectivity index (χ3v) is 9.52. The smallest absolute Gasteiger partial charge is 0.503 e. The van der Waals surface area contributed by atoms with Gasteiger partial charge >= 0.3 is 27.9 Å². The van der Waals surface area contributed by atoms with Crippen molar-refractivity contribution in [3.8, 4) is 28.4 Å². The molecule has 2 aromatic heterocycles. The number of hydrogen-bond donors (Lipinski definition) is 0. The van der Waals surface area contributed by atoms with Crippen LogP contribution in [0.25, 0.3) is 38.8 Å². The summed E-state index contributed by atoms with van der Waals surface area (Å²) < 4.78 is 8.73. The van der Waals surface area contributed by atoms with Gasteiger partial charge in [-0.25, -0.2) is 4.98 Å². The topological polar surface area (TPSA) is 42.6 Å². The van der Waals surface area contributed by atoms with Crippen molar-refractivity contribution in [2.75, 3.05) is 0 Å². The third kappa shape index (κ3) is 5.84. The van der Waals surface area contributed by atoms with Crippen LogP contribution < -0.4 is 10.2 Å². The Morgan fingerprint density at radius 3 is 2.39 bits per heavy atom. The third-order valence-electron chi connectivity index (χ3n) is 9.52. The fourth-order valence-corrected chi connectivity index (χ4v) is 7.06. The Morgan fingerprint density at radius 2 is 1.51 bits per heavy atom. The molecule has 0 unspecified atom stereocenters. The zero-order valence-electron chi connectivity index (χ0n) is 28.4. The van der Waals surface area contributed by atoms with Crippen LogP contribution in [-0.2, 0) is 26.5 Å². The molecule has 7 aromatic rings. The molecule has 7 heteroatoms. The largest absolute Gasteiger partial charge is 2.00 e. The van der Waals surface area contributed by atoms with Gasteiger partial charge in [0.25, 0.3) is 0 Å². The monoisotopic (exact) mass is 839 g/mol. The quantitative estimate of drug-likeness (QED) is 0.131. The summed E-state index contributed by atoms with van der Waals surface area (Å²) in [5, 5.41) is 2.23. The van der Waals surface area contributed by atoms with Crippen molar-refractivity contribution in [1.82, 2.24) is 14.4 Å². The molecular weight excluding hydrogens is 806 g/mol. The van der Waals surface area contributed by atoms with Gasteiger partial charge in [-0.3, -0.25) is 4.99 Å². The first-order chi connectivity index (χ1) is 24.4. The fraction of sp³-hybridized carbons (Fsp3) is 0.0909. The molecule has 5 aromatic carbocycles. The Hall–Kier alpha value is -5.45. The Balaban J connectivity index is 0.00000374. The molecule has 0 aliphatic carbocycles. The molecule has 0 N–H and O–H groups in total. The molecule has 9 rings (SSSR count). The molecule has 2 aliphatic heterocycles. The van der Waals surface area contributed by atoms with Gasteiger partial charge in [0.2, 0.25) is 0 Å². The summed E-state index contributed by atoms with van der Waals surface area (Å²) in [7, 11) is 0. The molecule has 5 nitrogen and oxygen atoms in total. The number of amidine groups is 1. The summed E-state index contributed by atoms with van der Waals surface area (Å²) in [6, 6.07) is 46.8. The molecule has 0 spiro atoms. The maximum Gasteiger partial charge on any atom is 2.00 e. The second kappa shape index (κ2) is 13.0. The van der Waals surface area contributed by atoms with Crippen molar-refractivity contribution < 1.29 is 25.8 Å². The van der Waals surface area contributed by atoms with Gasteiger partial charge in [0.05, 0.1) is 5.69 Å². The van der Waals surface area contributed by atoms with Gasteiger partial charge < -0.3 is 14.1 Å². The summed E-state index contributed by atoms with van der Waals surface area (Å²) in [6.07, 6.45) is 8.15. The minimum Gasteiger partial charge on any atom is -0.503 e.